The third kappa shape index (κ3) is 9.75. The molecule has 294 valence electrons. The van der Waals surface area contributed by atoms with E-state index < -0.39 is 48.4 Å². The highest BCUT2D eigenvalue weighted by atomic mass is 32.1. The van der Waals surface area contributed by atoms with Crippen molar-refractivity contribution in [3.05, 3.63) is 93.6 Å². The number of ether oxygens (including phenoxy) is 8. The summed E-state index contributed by atoms with van der Waals surface area (Å²) >= 11 is 1.76. The Labute approximate surface area is 319 Å². The standard InChI is InChI=1S/C22H22F2N2O6S.C13H12F2N2O4S/c1-28-13-6-5-12(17(9-13)30-3)10-25-21-18(22(27)31-4)20(26-33-21)32-11-14-15(23)7-8-16(29-2)19(14)24;1-19-8-4-3-7(14)6(10(8)15)5-21-12-9(13(18)20-2)11(16)22-17-12/h5-9,25H,10-11H2,1-4H3;3-4H,5,16H2,1-2H3. The number of carbonyl (C=O) groups is 2. The van der Waals surface area contributed by atoms with Crippen molar-refractivity contribution in [2.45, 2.75) is 19.8 Å². The molecule has 0 aliphatic heterocycles. The molecule has 0 saturated carbocycles. The number of esters is 2. The van der Waals surface area contributed by atoms with Gasteiger partial charge < -0.3 is 48.9 Å². The maximum atomic E-state index is 14.4. The molecular weight excluding hydrogens is 777 g/mol. The zero-order valence-electron chi connectivity index (χ0n) is 30.0. The maximum absolute atomic E-state index is 14.4. The molecule has 20 heteroatoms. The molecule has 0 saturated heterocycles. The Morgan fingerprint density at radius 3 is 1.69 bits per heavy atom. The zero-order chi connectivity index (χ0) is 40.2. The molecule has 14 nitrogen and oxygen atoms in total. The third-order valence-corrected chi connectivity index (χ3v) is 8.95. The van der Waals surface area contributed by atoms with Crippen LogP contribution in [0.15, 0.2) is 42.5 Å². The number of benzene rings is 3. The van der Waals surface area contributed by atoms with Gasteiger partial charge in [-0.1, -0.05) is 0 Å². The number of rotatable bonds is 15. The van der Waals surface area contributed by atoms with Gasteiger partial charge in [-0.25, -0.2) is 27.2 Å². The number of nitrogens with one attached hydrogen (secondary N) is 1. The summed E-state index contributed by atoms with van der Waals surface area (Å²) in [6, 6.07) is 9.78. The fourth-order valence-electron chi connectivity index (χ4n) is 4.64. The van der Waals surface area contributed by atoms with Gasteiger partial charge >= 0.3 is 11.9 Å². The van der Waals surface area contributed by atoms with Crippen molar-refractivity contribution in [2.24, 2.45) is 0 Å². The van der Waals surface area contributed by atoms with Crippen LogP contribution >= 0.6 is 23.1 Å². The first-order valence-corrected chi connectivity index (χ1v) is 17.1. The molecule has 0 aliphatic carbocycles. The van der Waals surface area contributed by atoms with E-state index in [-0.39, 0.29) is 57.1 Å². The minimum atomic E-state index is -0.891. The van der Waals surface area contributed by atoms with Gasteiger partial charge in [0.15, 0.2) is 34.3 Å². The second kappa shape index (κ2) is 19.3. The molecule has 3 N–H and O–H groups in total. The average molecular weight is 811 g/mol. The molecule has 0 bridgehead atoms. The number of aromatic nitrogens is 2. The topological polar surface area (TPSA) is 172 Å². The number of halogens is 4. The van der Waals surface area contributed by atoms with Crippen molar-refractivity contribution < 1.29 is 65.0 Å². The molecule has 5 rings (SSSR count). The number of nitrogens with two attached hydrogens (primary N) is 1. The van der Waals surface area contributed by atoms with Crippen molar-refractivity contribution in [3.63, 3.8) is 0 Å². The van der Waals surface area contributed by atoms with Gasteiger partial charge in [0, 0.05) is 18.2 Å². The van der Waals surface area contributed by atoms with Crippen LogP contribution in [0.3, 0.4) is 0 Å². The van der Waals surface area contributed by atoms with Crippen LogP contribution in [0.5, 0.6) is 34.8 Å². The Morgan fingerprint density at radius 1 is 0.673 bits per heavy atom. The van der Waals surface area contributed by atoms with E-state index in [1.807, 2.05) is 6.07 Å². The second-order valence-corrected chi connectivity index (χ2v) is 12.2. The Balaban J connectivity index is 0.000000265. The summed E-state index contributed by atoms with van der Waals surface area (Å²) in [5.41, 5.74) is 5.64. The first-order valence-electron chi connectivity index (χ1n) is 15.6. The third-order valence-electron chi connectivity index (χ3n) is 7.51. The average Bonchev–Trinajstić information content (AvgIpc) is 3.78. The number of methoxy groups -OCH3 is 6. The summed E-state index contributed by atoms with van der Waals surface area (Å²) in [7, 11) is 8.00. The monoisotopic (exact) mass is 810 g/mol. The molecule has 3 aromatic carbocycles. The van der Waals surface area contributed by atoms with Crippen molar-refractivity contribution in [3.8, 4) is 34.8 Å². The van der Waals surface area contributed by atoms with E-state index in [2.05, 4.69) is 18.8 Å². The Kier molecular flexibility index (Phi) is 14.7. The lowest BCUT2D eigenvalue weighted by molar-refractivity contribution is 0.0587. The lowest BCUT2D eigenvalue weighted by Crippen LogP contribution is -2.10. The summed E-state index contributed by atoms with van der Waals surface area (Å²) in [6.07, 6.45) is 0. The molecular formula is C35H34F4N4O10S2. The van der Waals surface area contributed by atoms with Crippen molar-refractivity contribution >= 4 is 45.0 Å². The van der Waals surface area contributed by atoms with Gasteiger partial charge in [-0.05, 0) is 59.5 Å². The molecule has 0 atom stereocenters. The molecule has 2 heterocycles. The largest absolute Gasteiger partial charge is 0.497 e. The van der Waals surface area contributed by atoms with Crippen LogP contribution in [0.4, 0.5) is 27.6 Å². The lowest BCUT2D eigenvalue weighted by Gasteiger charge is -2.12. The van der Waals surface area contributed by atoms with Crippen LogP contribution in [-0.4, -0.2) is 63.3 Å². The van der Waals surface area contributed by atoms with E-state index >= 15 is 0 Å². The fourth-order valence-corrected chi connectivity index (χ4v) is 5.94. The normalized spacial score (nSPS) is 10.4. The number of carbonyl (C=O) groups excluding carboxylic acids is 2. The highest BCUT2D eigenvalue weighted by Crippen LogP contribution is 2.35. The Morgan fingerprint density at radius 2 is 1.18 bits per heavy atom. The molecule has 0 spiro atoms. The highest BCUT2D eigenvalue weighted by molar-refractivity contribution is 7.11. The number of hydrogen-bond acceptors (Lipinski definition) is 16. The van der Waals surface area contributed by atoms with Crippen molar-refractivity contribution in [2.75, 3.05) is 53.7 Å². The summed E-state index contributed by atoms with van der Waals surface area (Å²) in [4.78, 5) is 24.0. The Bertz CT molecular complexity index is 2130. The van der Waals surface area contributed by atoms with Crippen LogP contribution in [0.1, 0.15) is 37.4 Å². The van der Waals surface area contributed by atoms with Crippen LogP contribution < -0.4 is 39.5 Å². The molecule has 0 fully saturated rings. The number of hydrogen-bond donors (Lipinski definition) is 2. The van der Waals surface area contributed by atoms with E-state index in [1.165, 1.54) is 41.6 Å². The minimum absolute atomic E-state index is 0.0127. The van der Waals surface area contributed by atoms with Crippen LogP contribution in [0.25, 0.3) is 0 Å². The predicted octanol–water partition coefficient (Wildman–Crippen LogP) is 6.80. The quantitative estimate of drug-likeness (QED) is 0.0835. The van der Waals surface area contributed by atoms with E-state index in [0.717, 1.165) is 46.8 Å². The molecule has 2 aromatic heterocycles. The number of anilines is 2. The van der Waals surface area contributed by atoms with Crippen LogP contribution in [-0.2, 0) is 29.2 Å². The van der Waals surface area contributed by atoms with E-state index in [9.17, 15) is 27.2 Å². The minimum Gasteiger partial charge on any atom is -0.497 e. The first-order chi connectivity index (χ1) is 26.4. The summed E-state index contributed by atoms with van der Waals surface area (Å²) in [5.74, 6) is -4.13. The highest BCUT2D eigenvalue weighted by Gasteiger charge is 2.26. The smallest absolute Gasteiger partial charge is 0.346 e. The Hall–Kier alpha value is -6.02. The van der Waals surface area contributed by atoms with Gasteiger partial charge in [0.2, 0.25) is 11.8 Å². The molecule has 0 unspecified atom stereocenters. The van der Waals surface area contributed by atoms with Crippen molar-refractivity contribution in [1.29, 1.82) is 0 Å². The van der Waals surface area contributed by atoms with Gasteiger partial charge in [-0.15, -0.1) is 0 Å². The predicted molar refractivity (Wildman–Crippen MR) is 193 cm³/mol. The lowest BCUT2D eigenvalue weighted by atomic mass is 10.2. The summed E-state index contributed by atoms with van der Waals surface area (Å²) in [6.45, 7) is -0.700. The van der Waals surface area contributed by atoms with Gasteiger partial charge in [0.05, 0.1) is 53.8 Å². The van der Waals surface area contributed by atoms with E-state index in [0.29, 0.717) is 16.5 Å². The van der Waals surface area contributed by atoms with Gasteiger partial charge in [-0.3, -0.25) is 0 Å². The molecule has 55 heavy (non-hydrogen) atoms. The SMILES string of the molecule is COC(=O)c1c(OCc2c(F)ccc(OC)c2F)nsc1N.COC(=O)c1c(OCc2c(F)ccc(OC)c2F)nsc1NCc1ccc(OC)cc1OC. The summed E-state index contributed by atoms with van der Waals surface area (Å²) < 4.78 is 104. The second-order valence-electron chi connectivity index (χ2n) is 10.6. The molecule has 0 radical (unpaired) electrons. The van der Waals surface area contributed by atoms with Crippen molar-refractivity contribution in [1.82, 2.24) is 8.75 Å². The van der Waals surface area contributed by atoms with Gasteiger partial charge in [0.1, 0.15) is 46.3 Å². The molecule has 0 aliphatic rings. The molecule has 5 aromatic rings. The number of nitrogens with zero attached hydrogens (tertiary/aromatic N) is 2. The van der Waals surface area contributed by atoms with E-state index in [4.69, 9.17) is 38.9 Å². The molecule has 0 amide bonds. The number of nitrogen functional groups attached to an aromatic ring is 1. The van der Waals surface area contributed by atoms with E-state index in [1.54, 1.807) is 19.2 Å². The van der Waals surface area contributed by atoms with Crippen LogP contribution in [0, 0.1) is 23.3 Å². The van der Waals surface area contributed by atoms with Crippen LogP contribution in [0.2, 0.25) is 0 Å². The first kappa shape index (κ1) is 41.7. The van der Waals surface area contributed by atoms with Gasteiger partial charge in [-0.2, -0.15) is 8.75 Å². The fraction of sp³-hybridized carbons (Fsp3) is 0.257. The maximum Gasteiger partial charge on any atom is 0.346 e. The zero-order valence-corrected chi connectivity index (χ0v) is 31.7. The van der Waals surface area contributed by atoms with Gasteiger partial charge in [0.25, 0.3) is 0 Å². The summed E-state index contributed by atoms with van der Waals surface area (Å²) in [5, 5.41) is 3.56.